The van der Waals surface area contributed by atoms with Gasteiger partial charge in [-0.2, -0.15) is 0 Å². The molecule has 0 saturated heterocycles. The lowest BCUT2D eigenvalue weighted by molar-refractivity contribution is -0.141. The Balaban J connectivity index is 2.52. The highest BCUT2D eigenvalue weighted by atomic mass is 16.4. The lowest BCUT2D eigenvalue weighted by Crippen LogP contribution is -2.46. The van der Waals surface area contributed by atoms with Gasteiger partial charge < -0.3 is 15.3 Å². The van der Waals surface area contributed by atoms with Crippen molar-refractivity contribution in [3.8, 4) is 0 Å². The molecule has 0 fully saturated rings. The summed E-state index contributed by atoms with van der Waals surface area (Å²) in [6.07, 6.45) is 0.380. The third-order valence-electron chi connectivity index (χ3n) is 2.75. The first-order valence-corrected chi connectivity index (χ1v) is 5.83. The molecule has 2 amide bonds. The number of carbonyl (C=O) groups is 2. The summed E-state index contributed by atoms with van der Waals surface area (Å²) in [5, 5.41) is 11.6. The zero-order chi connectivity index (χ0) is 13.5. The van der Waals surface area contributed by atoms with E-state index in [0.29, 0.717) is 13.0 Å². The summed E-state index contributed by atoms with van der Waals surface area (Å²) in [4.78, 5) is 23.9. The smallest absolute Gasteiger partial charge is 0.326 e. The Bertz CT molecular complexity index is 406. The van der Waals surface area contributed by atoms with Crippen molar-refractivity contribution in [2.45, 2.75) is 25.9 Å². The van der Waals surface area contributed by atoms with Gasteiger partial charge in [-0.1, -0.05) is 37.3 Å². The largest absolute Gasteiger partial charge is 0.480 e. The Labute approximate surface area is 106 Å². The zero-order valence-corrected chi connectivity index (χ0v) is 10.6. The molecule has 2 N–H and O–H groups in total. The van der Waals surface area contributed by atoms with E-state index in [1.54, 1.807) is 6.92 Å². The van der Waals surface area contributed by atoms with Gasteiger partial charge in [0.15, 0.2) is 0 Å². The van der Waals surface area contributed by atoms with Gasteiger partial charge in [0.1, 0.15) is 6.04 Å². The second kappa shape index (κ2) is 6.64. The topological polar surface area (TPSA) is 69.6 Å². The van der Waals surface area contributed by atoms with E-state index in [1.165, 1.54) is 11.9 Å². The van der Waals surface area contributed by atoms with Gasteiger partial charge in [0.2, 0.25) is 0 Å². The van der Waals surface area contributed by atoms with Crippen LogP contribution in [-0.4, -0.2) is 35.1 Å². The fourth-order valence-electron chi connectivity index (χ4n) is 1.65. The maximum absolute atomic E-state index is 11.8. The third kappa shape index (κ3) is 3.76. The maximum atomic E-state index is 11.8. The second-order valence-corrected chi connectivity index (χ2v) is 4.02. The van der Waals surface area contributed by atoms with Gasteiger partial charge in [-0.3, -0.25) is 0 Å². The molecule has 0 aliphatic carbocycles. The molecule has 98 valence electrons. The molecule has 1 atom stereocenters. The number of rotatable bonds is 5. The van der Waals surface area contributed by atoms with E-state index in [2.05, 4.69) is 5.32 Å². The van der Waals surface area contributed by atoms with Crippen molar-refractivity contribution in [1.82, 2.24) is 10.2 Å². The van der Waals surface area contributed by atoms with Crippen LogP contribution in [0.25, 0.3) is 0 Å². The van der Waals surface area contributed by atoms with Crippen LogP contribution in [0.1, 0.15) is 18.9 Å². The number of carbonyl (C=O) groups excluding carboxylic acids is 1. The number of nitrogens with zero attached hydrogens (tertiary/aromatic N) is 1. The lowest BCUT2D eigenvalue weighted by Gasteiger charge is -2.24. The Morgan fingerprint density at radius 3 is 2.44 bits per heavy atom. The zero-order valence-electron chi connectivity index (χ0n) is 10.6. The molecule has 1 aromatic rings. The monoisotopic (exact) mass is 250 g/mol. The first-order valence-electron chi connectivity index (χ1n) is 5.83. The normalized spacial score (nSPS) is 11.7. The standard InChI is InChI=1S/C13H18N2O3/c1-3-11(12(16)17)15(2)13(18)14-9-10-7-5-4-6-8-10/h4-8,11H,3,9H2,1-2H3,(H,14,18)(H,16,17). The van der Waals surface area contributed by atoms with Crippen LogP contribution in [-0.2, 0) is 11.3 Å². The minimum absolute atomic E-state index is 0.380. The highest BCUT2D eigenvalue weighted by molar-refractivity contribution is 5.82. The predicted molar refractivity (Wildman–Crippen MR) is 68.2 cm³/mol. The van der Waals surface area contributed by atoms with Crippen LogP contribution >= 0.6 is 0 Å². The lowest BCUT2D eigenvalue weighted by atomic mass is 10.2. The first kappa shape index (κ1) is 14.0. The van der Waals surface area contributed by atoms with E-state index in [9.17, 15) is 9.59 Å². The molecule has 0 saturated carbocycles. The van der Waals surface area contributed by atoms with E-state index < -0.39 is 12.0 Å². The highest BCUT2D eigenvalue weighted by Crippen LogP contribution is 2.03. The number of nitrogens with one attached hydrogen (secondary N) is 1. The van der Waals surface area contributed by atoms with Crippen LogP contribution < -0.4 is 5.32 Å². The molecule has 5 nitrogen and oxygen atoms in total. The van der Waals surface area contributed by atoms with Crippen LogP contribution in [0.5, 0.6) is 0 Å². The maximum Gasteiger partial charge on any atom is 0.326 e. The fraction of sp³-hybridized carbons (Fsp3) is 0.385. The van der Waals surface area contributed by atoms with Crippen molar-refractivity contribution in [3.63, 3.8) is 0 Å². The average Bonchev–Trinajstić information content (AvgIpc) is 2.37. The van der Waals surface area contributed by atoms with E-state index in [4.69, 9.17) is 5.11 Å². The molecule has 5 heteroatoms. The molecule has 18 heavy (non-hydrogen) atoms. The van der Waals surface area contributed by atoms with Crippen LogP contribution in [0.15, 0.2) is 30.3 Å². The second-order valence-electron chi connectivity index (χ2n) is 4.02. The number of carboxylic acids is 1. The van der Waals surface area contributed by atoms with Gasteiger partial charge in [0.25, 0.3) is 0 Å². The van der Waals surface area contributed by atoms with Crippen LogP contribution in [0.3, 0.4) is 0 Å². The van der Waals surface area contributed by atoms with E-state index in [0.717, 1.165) is 5.56 Å². The number of carboxylic acid groups (broad SMARTS) is 1. The highest BCUT2D eigenvalue weighted by Gasteiger charge is 2.24. The first-order chi connectivity index (χ1) is 8.56. The Morgan fingerprint density at radius 1 is 1.33 bits per heavy atom. The van der Waals surface area contributed by atoms with Crippen molar-refractivity contribution in [3.05, 3.63) is 35.9 Å². The van der Waals surface area contributed by atoms with Gasteiger partial charge in [-0.05, 0) is 12.0 Å². The number of hydrogen-bond donors (Lipinski definition) is 2. The van der Waals surface area contributed by atoms with Crippen LogP contribution in [0.2, 0.25) is 0 Å². The van der Waals surface area contributed by atoms with E-state index >= 15 is 0 Å². The predicted octanol–water partition coefficient (Wildman–Crippen LogP) is 1.69. The summed E-state index contributed by atoms with van der Waals surface area (Å²) in [5.41, 5.74) is 0.975. The SMILES string of the molecule is CCC(C(=O)O)N(C)C(=O)NCc1ccccc1. The minimum atomic E-state index is -0.991. The molecule has 1 unspecified atom stereocenters. The Morgan fingerprint density at radius 2 is 1.94 bits per heavy atom. The third-order valence-corrected chi connectivity index (χ3v) is 2.75. The number of hydrogen-bond acceptors (Lipinski definition) is 2. The summed E-state index contributed by atoms with van der Waals surface area (Å²) < 4.78 is 0. The van der Waals surface area contributed by atoms with Crippen molar-refractivity contribution < 1.29 is 14.7 Å². The molecule has 0 bridgehead atoms. The molecule has 0 spiro atoms. The summed E-state index contributed by atoms with van der Waals surface area (Å²) in [7, 11) is 1.49. The van der Waals surface area contributed by atoms with Crippen molar-refractivity contribution in [2.75, 3.05) is 7.05 Å². The fourth-order valence-corrected chi connectivity index (χ4v) is 1.65. The van der Waals surface area contributed by atoms with Gasteiger partial charge in [0, 0.05) is 13.6 Å². The Kier molecular flexibility index (Phi) is 5.17. The molecule has 0 aromatic heterocycles. The number of likely N-dealkylation sites (N-methyl/N-ethyl adjacent to an activating group) is 1. The molecule has 0 aliphatic rings. The molecule has 0 aliphatic heterocycles. The van der Waals surface area contributed by atoms with Crippen molar-refractivity contribution >= 4 is 12.0 Å². The van der Waals surface area contributed by atoms with Crippen molar-refractivity contribution in [2.24, 2.45) is 0 Å². The Hall–Kier alpha value is -2.04. The van der Waals surface area contributed by atoms with Crippen LogP contribution in [0.4, 0.5) is 4.79 Å². The molecule has 0 heterocycles. The average molecular weight is 250 g/mol. The minimum Gasteiger partial charge on any atom is -0.480 e. The van der Waals surface area contributed by atoms with Gasteiger partial charge >= 0.3 is 12.0 Å². The molecular formula is C13H18N2O3. The molecule has 0 radical (unpaired) electrons. The quantitative estimate of drug-likeness (QED) is 0.835. The number of amides is 2. The van der Waals surface area contributed by atoms with Gasteiger partial charge in [0.05, 0.1) is 0 Å². The number of benzene rings is 1. The van der Waals surface area contributed by atoms with E-state index in [-0.39, 0.29) is 6.03 Å². The van der Waals surface area contributed by atoms with Gasteiger partial charge in [-0.25, -0.2) is 9.59 Å². The summed E-state index contributed by atoms with van der Waals surface area (Å²) in [6, 6.07) is 8.29. The molecule has 1 aromatic carbocycles. The number of urea groups is 1. The molecule has 1 rings (SSSR count). The van der Waals surface area contributed by atoms with Crippen LogP contribution in [0, 0.1) is 0 Å². The van der Waals surface area contributed by atoms with Gasteiger partial charge in [-0.15, -0.1) is 0 Å². The van der Waals surface area contributed by atoms with Crippen molar-refractivity contribution in [1.29, 1.82) is 0 Å². The van der Waals surface area contributed by atoms with E-state index in [1.807, 2.05) is 30.3 Å². The summed E-state index contributed by atoms with van der Waals surface area (Å²) >= 11 is 0. The number of aliphatic carboxylic acids is 1. The summed E-state index contributed by atoms with van der Waals surface area (Å²) in [5.74, 6) is -0.991. The molecular weight excluding hydrogens is 232 g/mol. The summed E-state index contributed by atoms with van der Waals surface area (Å²) in [6.45, 7) is 2.12.